The van der Waals surface area contributed by atoms with Gasteiger partial charge in [0, 0.05) is 32.5 Å². The van der Waals surface area contributed by atoms with Crippen LogP contribution in [0.2, 0.25) is 0 Å². The van der Waals surface area contributed by atoms with Crippen molar-refractivity contribution in [3.8, 4) is 0 Å². The summed E-state index contributed by atoms with van der Waals surface area (Å²) >= 11 is 0. The van der Waals surface area contributed by atoms with Crippen molar-refractivity contribution in [2.45, 2.75) is 44.9 Å². The van der Waals surface area contributed by atoms with Crippen molar-refractivity contribution >= 4 is 5.78 Å². The summed E-state index contributed by atoms with van der Waals surface area (Å²) < 4.78 is 0. The summed E-state index contributed by atoms with van der Waals surface area (Å²) in [5.74, 6) is 3.52. The molecule has 0 amide bonds. The Morgan fingerprint density at radius 1 is 1.00 bits per heavy atom. The van der Waals surface area contributed by atoms with Crippen molar-refractivity contribution in [3.63, 3.8) is 0 Å². The average Bonchev–Trinajstić information content (AvgIpc) is 2.62. The standard InChI is InChI=1S/C14H23NO/c16-14-3-5-15(6-4-14)10-13-8-11-1-2-12(7-11)9-13/h11-13H,1-10H2/t11-,12+,13?. The zero-order valence-electron chi connectivity index (χ0n) is 10.2. The van der Waals surface area contributed by atoms with Crippen LogP contribution < -0.4 is 0 Å². The van der Waals surface area contributed by atoms with E-state index in [0.29, 0.717) is 5.78 Å². The molecule has 16 heavy (non-hydrogen) atoms. The molecule has 1 heterocycles. The summed E-state index contributed by atoms with van der Waals surface area (Å²) in [6, 6.07) is 0. The van der Waals surface area contributed by atoms with E-state index in [-0.39, 0.29) is 0 Å². The molecule has 2 bridgehead atoms. The number of ketones is 1. The molecule has 0 aromatic heterocycles. The second-order valence-corrected chi connectivity index (χ2v) is 6.22. The largest absolute Gasteiger partial charge is 0.302 e. The molecular formula is C14H23NO. The number of piperidine rings is 1. The number of fused-ring (bicyclic) bond motifs is 2. The number of carbonyl (C=O) groups excluding carboxylic acids is 1. The van der Waals surface area contributed by atoms with Gasteiger partial charge in [-0.15, -0.1) is 0 Å². The maximum absolute atomic E-state index is 11.2. The lowest BCUT2D eigenvalue weighted by atomic mass is 9.80. The van der Waals surface area contributed by atoms with E-state index in [1.54, 1.807) is 0 Å². The Morgan fingerprint density at radius 2 is 1.62 bits per heavy atom. The third-order valence-electron chi connectivity index (χ3n) is 4.91. The van der Waals surface area contributed by atoms with Gasteiger partial charge in [-0.1, -0.05) is 12.8 Å². The van der Waals surface area contributed by atoms with Crippen LogP contribution in [-0.4, -0.2) is 30.3 Å². The van der Waals surface area contributed by atoms with Crippen LogP contribution >= 0.6 is 0 Å². The first-order chi connectivity index (χ1) is 7.79. The van der Waals surface area contributed by atoms with Crippen molar-refractivity contribution < 1.29 is 4.79 Å². The SMILES string of the molecule is O=C1CCN(CC2C[C@H]3CC[C@@H](C2)C3)CC1. The van der Waals surface area contributed by atoms with E-state index in [1.807, 2.05) is 0 Å². The molecule has 3 fully saturated rings. The highest BCUT2D eigenvalue weighted by molar-refractivity contribution is 5.79. The predicted molar refractivity (Wildman–Crippen MR) is 64.2 cm³/mol. The summed E-state index contributed by atoms with van der Waals surface area (Å²) in [4.78, 5) is 13.7. The van der Waals surface area contributed by atoms with E-state index in [2.05, 4.69) is 4.90 Å². The first-order valence-corrected chi connectivity index (χ1v) is 7.03. The second-order valence-electron chi connectivity index (χ2n) is 6.22. The van der Waals surface area contributed by atoms with E-state index in [4.69, 9.17) is 0 Å². The fourth-order valence-corrected chi connectivity index (χ4v) is 4.14. The molecule has 2 aliphatic carbocycles. The Morgan fingerprint density at radius 3 is 2.25 bits per heavy atom. The van der Waals surface area contributed by atoms with Gasteiger partial charge in [-0.2, -0.15) is 0 Å². The zero-order chi connectivity index (χ0) is 11.0. The molecule has 2 nitrogen and oxygen atoms in total. The van der Waals surface area contributed by atoms with Crippen LogP contribution in [0.3, 0.4) is 0 Å². The Balaban J connectivity index is 1.49. The molecule has 3 atom stereocenters. The third-order valence-corrected chi connectivity index (χ3v) is 4.91. The van der Waals surface area contributed by atoms with Gasteiger partial charge < -0.3 is 4.90 Å². The van der Waals surface area contributed by atoms with Crippen LogP contribution in [-0.2, 0) is 4.79 Å². The number of hydrogen-bond acceptors (Lipinski definition) is 2. The first kappa shape index (κ1) is 10.8. The van der Waals surface area contributed by atoms with Crippen molar-refractivity contribution in [3.05, 3.63) is 0 Å². The molecule has 0 spiro atoms. The Labute approximate surface area is 98.4 Å². The highest BCUT2D eigenvalue weighted by Gasteiger charge is 2.34. The number of Topliss-reactive ketones (excluding diaryl/α,β-unsaturated/α-hetero) is 1. The lowest BCUT2D eigenvalue weighted by Gasteiger charge is -2.34. The number of carbonyl (C=O) groups is 1. The van der Waals surface area contributed by atoms with E-state index in [9.17, 15) is 4.79 Å². The van der Waals surface area contributed by atoms with Gasteiger partial charge in [-0.3, -0.25) is 4.79 Å². The third kappa shape index (κ3) is 2.32. The lowest BCUT2D eigenvalue weighted by Crippen LogP contribution is -2.38. The zero-order valence-corrected chi connectivity index (χ0v) is 10.2. The van der Waals surface area contributed by atoms with Crippen LogP contribution in [0, 0.1) is 17.8 Å². The average molecular weight is 221 g/mol. The lowest BCUT2D eigenvalue weighted by molar-refractivity contribution is -0.121. The quantitative estimate of drug-likeness (QED) is 0.714. The van der Waals surface area contributed by atoms with Crippen LogP contribution in [0.4, 0.5) is 0 Å². The van der Waals surface area contributed by atoms with Gasteiger partial charge in [0.2, 0.25) is 0 Å². The Kier molecular flexibility index (Phi) is 3.01. The minimum Gasteiger partial charge on any atom is -0.302 e. The van der Waals surface area contributed by atoms with Crippen molar-refractivity contribution in [2.75, 3.05) is 19.6 Å². The second kappa shape index (κ2) is 4.48. The molecule has 3 rings (SSSR count). The van der Waals surface area contributed by atoms with E-state index in [1.165, 1.54) is 38.6 Å². The normalized spacial score (nSPS) is 40.2. The molecule has 2 saturated carbocycles. The molecule has 1 aliphatic heterocycles. The smallest absolute Gasteiger partial charge is 0.135 e. The molecule has 0 aromatic carbocycles. The van der Waals surface area contributed by atoms with E-state index < -0.39 is 0 Å². The summed E-state index contributed by atoms with van der Waals surface area (Å²) in [7, 11) is 0. The van der Waals surface area contributed by atoms with Crippen molar-refractivity contribution in [2.24, 2.45) is 17.8 Å². The van der Waals surface area contributed by atoms with Gasteiger partial charge in [0.25, 0.3) is 0 Å². The fraction of sp³-hybridized carbons (Fsp3) is 0.929. The molecule has 0 N–H and O–H groups in total. The summed E-state index contributed by atoms with van der Waals surface area (Å²) in [5, 5.41) is 0. The van der Waals surface area contributed by atoms with E-state index >= 15 is 0 Å². The van der Waals surface area contributed by atoms with Crippen LogP contribution in [0.15, 0.2) is 0 Å². The minimum atomic E-state index is 0.472. The molecule has 1 saturated heterocycles. The molecular weight excluding hydrogens is 198 g/mol. The van der Waals surface area contributed by atoms with Crippen LogP contribution in [0.1, 0.15) is 44.9 Å². The molecule has 2 heteroatoms. The minimum absolute atomic E-state index is 0.472. The topological polar surface area (TPSA) is 20.3 Å². The summed E-state index contributed by atoms with van der Waals surface area (Å²) in [6.07, 6.45) is 9.08. The maximum atomic E-state index is 11.2. The summed E-state index contributed by atoms with van der Waals surface area (Å²) in [5.41, 5.74) is 0. The number of nitrogens with zero attached hydrogens (tertiary/aromatic N) is 1. The molecule has 90 valence electrons. The Hall–Kier alpha value is -0.370. The van der Waals surface area contributed by atoms with Gasteiger partial charge >= 0.3 is 0 Å². The monoisotopic (exact) mass is 221 g/mol. The van der Waals surface area contributed by atoms with Crippen LogP contribution in [0.25, 0.3) is 0 Å². The molecule has 1 unspecified atom stereocenters. The number of rotatable bonds is 2. The van der Waals surface area contributed by atoms with Gasteiger partial charge in [0.1, 0.15) is 5.78 Å². The summed E-state index contributed by atoms with van der Waals surface area (Å²) in [6.45, 7) is 3.34. The predicted octanol–water partition coefficient (Wildman–Crippen LogP) is 2.48. The van der Waals surface area contributed by atoms with Crippen molar-refractivity contribution in [1.82, 2.24) is 4.90 Å². The highest BCUT2D eigenvalue weighted by Crippen LogP contribution is 2.44. The maximum Gasteiger partial charge on any atom is 0.135 e. The van der Waals surface area contributed by atoms with Gasteiger partial charge in [0.05, 0.1) is 0 Å². The number of hydrogen-bond donors (Lipinski definition) is 0. The first-order valence-electron chi connectivity index (χ1n) is 7.03. The fourth-order valence-electron chi connectivity index (χ4n) is 4.14. The van der Waals surface area contributed by atoms with Crippen molar-refractivity contribution in [1.29, 1.82) is 0 Å². The van der Waals surface area contributed by atoms with Gasteiger partial charge in [-0.25, -0.2) is 0 Å². The Bertz CT molecular complexity index is 254. The molecule has 3 aliphatic rings. The van der Waals surface area contributed by atoms with Gasteiger partial charge in [0.15, 0.2) is 0 Å². The molecule has 0 aromatic rings. The molecule has 0 radical (unpaired) electrons. The van der Waals surface area contributed by atoms with E-state index in [0.717, 1.165) is 43.7 Å². The number of likely N-dealkylation sites (tertiary alicyclic amines) is 1. The highest BCUT2D eigenvalue weighted by atomic mass is 16.1. The van der Waals surface area contributed by atoms with Gasteiger partial charge in [-0.05, 0) is 37.0 Å². The van der Waals surface area contributed by atoms with Crippen LogP contribution in [0.5, 0.6) is 0 Å².